The molecule has 1 heterocycles. The van der Waals surface area contributed by atoms with Gasteiger partial charge in [-0.25, -0.2) is 0 Å². The van der Waals surface area contributed by atoms with Crippen molar-refractivity contribution < 1.29 is 0 Å². The van der Waals surface area contributed by atoms with Crippen LogP contribution < -0.4 is 11.1 Å². The van der Waals surface area contributed by atoms with Gasteiger partial charge in [-0.3, -0.25) is 0 Å². The zero-order valence-corrected chi connectivity index (χ0v) is 8.47. The van der Waals surface area contributed by atoms with E-state index in [0.29, 0.717) is 5.82 Å². The van der Waals surface area contributed by atoms with E-state index in [0.717, 1.165) is 24.5 Å². The molecule has 0 spiro atoms. The van der Waals surface area contributed by atoms with Gasteiger partial charge < -0.3 is 11.1 Å². The quantitative estimate of drug-likeness (QED) is 0.697. The van der Waals surface area contributed by atoms with E-state index in [-0.39, 0.29) is 0 Å². The zero-order chi connectivity index (χ0) is 9.52. The Bertz CT molecular complexity index is 236. The van der Waals surface area contributed by atoms with Gasteiger partial charge in [0.1, 0.15) is 11.6 Å². The minimum absolute atomic E-state index is 0.453. The van der Waals surface area contributed by atoms with Gasteiger partial charge in [0.2, 0.25) is 0 Å². The number of nitrogens with one attached hydrogen (secondary N) is 1. The Morgan fingerprint density at radius 3 is 2.92 bits per heavy atom. The van der Waals surface area contributed by atoms with E-state index in [1.165, 1.54) is 0 Å². The Labute approximate surface area is 82.3 Å². The van der Waals surface area contributed by atoms with Gasteiger partial charge in [0.15, 0.2) is 0 Å². The Hall–Kier alpha value is -0.970. The van der Waals surface area contributed by atoms with E-state index in [1.807, 2.05) is 17.8 Å². The topological polar surface area (TPSA) is 63.8 Å². The molecule has 13 heavy (non-hydrogen) atoms. The number of aromatic nitrogens is 2. The van der Waals surface area contributed by atoms with Crippen LogP contribution in [0.1, 0.15) is 6.42 Å². The normalized spacial score (nSPS) is 9.92. The van der Waals surface area contributed by atoms with E-state index in [1.54, 1.807) is 6.07 Å². The van der Waals surface area contributed by atoms with Crippen molar-refractivity contribution in [3.05, 3.63) is 12.1 Å². The summed E-state index contributed by atoms with van der Waals surface area (Å²) in [5.41, 5.74) is 5.40. The highest BCUT2D eigenvalue weighted by Crippen LogP contribution is 2.03. The first-order chi connectivity index (χ1) is 6.33. The van der Waals surface area contributed by atoms with E-state index in [2.05, 4.69) is 21.8 Å². The Kier molecular flexibility index (Phi) is 4.39. The highest BCUT2D eigenvalue weighted by molar-refractivity contribution is 7.98. The Balaban J connectivity index is 2.25. The van der Waals surface area contributed by atoms with Crippen LogP contribution in [0.3, 0.4) is 0 Å². The molecule has 0 radical (unpaired) electrons. The molecular weight excluding hydrogens is 184 g/mol. The highest BCUT2D eigenvalue weighted by atomic mass is 32.2. The molecule has 0 amide bonds. The SMILES string of the molecule is CSCCCNc1ccc(N)nn1. The maximum Gasteiger partial charge on any atom is 0.148 e. The maximum absolute atomic E-state index is 5.40. The van der Waals surface area contributed by atoms with Gasteiger partial charge in [-0.2, -0.15) is 11.8 Å². The molecule has 1 rings (SSSR count). The molecule has 1 aromatic heterocycles. The lowest BCUT2D eigenvalue weighted by Crippen LogP contribution is -2.05. The van der Waals surface area contributed by atoms with Gasteiger partial charge in [0, 0.05) is 6.54 Å². The molecule has 5 heteroatoms. The van der Waals surface area contributed by atoms with Gasteiger partial charge in [0.05, 0.1) is 0 Å². The van der Waals surface area contributed by atoms with Crippen molar-refractivity contribution in [2.24, 2.45) is 0 Å². The van der Waals surface area contributed by atoms with E-state index in [9.17, 15) is 0 Å². The minimum atomic E-state index is 0.453. The average Bonchev–Trinajstić information content (AvgIpc) is 2.15. The molecule has 4 nitrogen and oxygen atoms in total. The van der Waals surface area contributed by atoms with Crippen LogP contribution in [0.2, 0.25) is 0 Å². The summed E-state index contributed by atoms with van der Waals surface area (Å²) in [5, 5.41) is 10.8. The van der Waals surface area contributed by atoms with Crippen molar-refractivity contribution in [2.45, 2.75) is 6.42 Å². The summed E-state index contributed by atoms with van der Waals surface area (Å²) in [6.45, 7) is 0.930. The van der Waals surface area contributed by atoms with E-state index < -0.39 is 0 Å². The van der Waals surface area contributed by atoms with Crippen molar-refractivity contribution in [1.82, 2.24) is 10.2 Å². The number of nitrogen functional groups attached to an aromatic ring is 1. The van der Waals surface area contributed by atoms with Crippen LogP contribution in [0.4, 0.5) is 11.6 Å². The van der Waals surface area contributed by atoms with Crippen LogP contribution in [0.5, 0.6) is 0 Å². The number of nitrogens with two attached hydrogens (primary N) is 1. The smallest absolute Gasteiger partial charge is 0.148 e. The molecule has 0 aliphatic rings. The molecule has 0 unspecified atom stereocenters. The highest BCUT2D eigenvalue weighted by Gasteiger charge is 1.93. The summed E-state index contributed by atoms with van der Waals surface area (Å²) in [6.07, 6.45) is 3.23. The third kappa shape index (κ3) is 3.98. The van der Waals surface area contributed by atoms with Crippen molar-refractivity contribution in [1.29, 1.82) is 0 Å². The second-order valence-electron chi connectivity index (χ2n) is 2.62. The second-order valence-corrected chi connectivity index (χ2v) is 3.60. The molecular formula is C8H14N4S. The van der Waals surface area contributed by atoms with Crippen LogP contribution in [-0.4, -0.2) is 28.8 Å². The summed E-state index contributed by atoms with van der Waals surface area (Å²) >= 11 is 1.84. The molecule has 0 atom stereocenters. The fourth-order valence-electron chi connectivity index (χ4n) is 0.870. The van der Waals surface area contributed by atoms with Gasteiger partial charge in [-0.15, -0.1) is 10.2 Å². The monoisotopic (exact) mass is 198 g/mol. The van der Waals surface area contributed by atoms with Crippen molar-refractivity contribution in [3.63, 3.8) is 0 Å². The molecule has 0 aromatic carbocycles. The standard InChI is InChI=1S/C8H14N4S/c1-13-6-2-5-10-8-4-3-7(9)11-12-8/h3-4H,2,5-6H2,1H3,(H2,9,11)(H,10,12). The lowest BCUT2D eigenvalue weighted by Gasteiger charge is -2.03. The molecule has 0 aliphatic carbocycles. The molecule has 72 valence electrons. The Morgan fingerprint density at radius 1 is 1.46 bits per heavy atom. The van der Waals surface area contributed by atoms with Crippen LogP contribution in [0.25, 0.3) is 0 Å². The summed E-state index contributed by atoms with van der Waals surface area (Å²) in [4.78, 5) is 0. The molecule has 0 saturated carbocycles. The molecule has 0 aliphatic heterocycles. The predicted octanol–water partition coefficient (Wildman–Crippen LogP) is 1.22. The van der Waals surface area contributed by atoms with Crippen LogP contribution in [-0.2, 0) is 0 Å². The van der Waals surface area contributed by atoms with E-state index >= 15 is 0 Å². The number of hydrogen-bond donors (Lipinski definition) is 2. The molecule has 1 aromatic rings. The molecule has 3 N–H and O–H groups in total. The minimum Gasteiger partial charge on any atom is -0.382 e. The number of thioether (sulfide) groups is 1. The van der Waals surface area contributed by atoms with Gasteiger partial charge in [-0.1, -0.05) is 0 Å². The van der Waals surface area contributed by atoms with Crippen LogP contribution in [0.15, 0.2) is 12.1 Å². The first kappa shape index (κ1) is 10.1. The third-order valence-corrected chi connectivity index (χ3v) is 2.21. The average molecular weight is 198 g/mol. The zero-order valence-electron chi connectivity index (χ0n) is 7.66. The van der Waals surface area contributed by atoms with Gasteiger partial charge in [0.25, 0.3) is 0 Å². The van der Waals surface area contributed by atoms with Gasteiger partial charge in [-0.05, 0) is 30.6 Å². The van der Waals surface area contributed by atoms with E-state index in [4.69, 9.17) is 5.73 Å². The fraction of sp³-hybridized carbons (Fsp3) is 0.500. The lowest BCUT2D eigenvalue weighted by atomic mass is 10.4. The predicted molar refractivity (Wildman–Crippen MR) is 57.9 cm³/mol. The summed E-state index contributed by atoms with van der Waals surface area (Å²) in [7, 11) is 0. The largest absolute Gasteiger partial charge is 0.382 e. The number of rotatable bonds is 5. The summed E-state index contributed by atoms with van der Waals surface area (Å²) in [6, 6.07) is 3.57. The number of nitrogens with zero attached hydrogens (tertiary/aromatic N) is 2. The summed E-state index contributed by atoms with van der Waals surface area (Å²) in [5.74, 6) is 2.40. The maximum atomic E-state index is 5.40. The molecule has 0 fully saturated rings. The van der Waals surface area contributed by atoms with Gasteiger partial charge >= 0.3 is 0 Å². The second kappa shape index (κ2) is 5.64. The molecule has 0 bridgehead atoms. The first-order valence-electron chi connectivity index (χ1n) is 4.15. The first-order valence-corrected chi connectivity index (χ1v) is 5.54. The summed E-state index contributed by atoms with van der Waals surface area (Å²) < 4.78 is 0. The van der Waals surface area contributed by atoms with Crippen LogP contribution in [0, 0.1) is 0 Å². The van der Waals surface area contributed by atoms with Crippen molar-refractivity contribution >= 4 is 23.4 Å². The van der Waals surface area contributed by atoms with Crippen molar-refractivity contribution in [3.8, 4) is 0 Å². The number of anilines is 2. The van der Waals surface area contributed by atoms with Crippen molar-refractivity contribution in [2.75, 3.05) is 29.6 Å². The number of hydrogen-bond acceptors (Lipinski definition) is 5. The Morgan fingerprint density at radius 2 is 2.31 bits per heavy atom. The fourth-order valence-corrected chi connectivity index (χ4v) is 1.30. The lowest BCUT2D eigenvalue weighted by molar-refractivity contribution is 0.955. The molecule has 0 saturated heterocycles. The third-order valence-electron chi connectivity index (χ3n) is 1.52. The van der Waals surface area contributed by atoms with Crippen LogP contribution >= 0.6 is 11.8 Å².